The molecule has 0 amide bonds. The lowest BCUT2D eigenvalue weighted by atomic mass is 10.2. The van der Waals surface area contributed by atoms with Crippen molar-refractivity contribution >= 4 is 11.5 Å². The molecular weight excluding hydrogens is 198 g/mol. The van der Waals surface area contributed by atoms with Crippen molar-refractivity contribution in [2.45, 2.75) is 6.92 Å². The summed E-state index contributed by atoms with van der Waals surface area (Å²) in [6.45, 7) is 1.98. The second kappa shape index (κ2) is 4.57. The molecule has 0 unspecified atom stereocenters. The second-order valence-electron chi connectivity index (χ2n) is 3.53. The number of aryl methyl sites for hydroxylation is 1. The molecule has 1 aromatic heterocycles. The molecule has 0 fully saturated rings. The van der Waals surface area contributed by atoms with Gasteiger partial charge in [0.2, 0.25) is 0 Å². The SMILES string of the molecule is Cc1ccncc1N=C(N)c1ccccc1. The van der Waals surface area contributed by atoms with Crippen LogP contribution in [0.5, 0.6) is 0 Å². The zero-order valence-corrected chi connectivity index (χ0v) is 9.09. The molecule has 0 aliphatic carbocycles. The van der Waals surface area contributed by atoms with Crippen LogP contribution in [-0.2, 0) is 0 Å². The van der Waals surface area contributed by atoms with E-state index >= 15 is 0 Å². The minimum atomic E-state index is 0.511. The Bertz CT molecular complexity index is 504. The van der Waals surface area contributed by atoms with E-state index in [0.29, 0.717) is 5.84 Å². The number of benzene rings is 1. The van der Waals surface area contributed by atoms with Gasteiger partial charge in [-0.15, -0.1) is 0 Å². The van der Waals surface area contributed by atoms with Gasteiger partial charge in [-0.05, 0) is 18.6 Å². The van der Waals surface area contributed by atoms with E-state index in [1.165, 1.54) is 0 Å². The summed E-state index contributed by atoms with van der Waals surface area (Å²) in [5.41, 5.74) is 8.71. The van der Waals surface area contributed by atoms with E-state index in [0.717, 1.165) is 16.8 Å². The molecule has 2 N–H and O–H groups in total. The lowest BCUT2D eigenvalue weighted by molar-refractivity contribution is 1.25. The Hall–Kier alpha value is -2.16. The summed E-state index contributed by atoms with van der Waals surface area (Å²) in [5.74, 6) is 0.511. The van der Waals surface area contributed by atoms with Gasteiger partial charge in [0.25, 0.3) is 0 Å². The molecule has 0 spiro atoms. The third-order valence-corrected chi connectivity index (χ3v) is 2.32. The van der Waals surface area contributed by atoms with Crippen LogP contribution in [0, 0.1) is 6.92 Å². The fraction of sp³-hybridized carbons (Fsp3) is 0.0769. The summed E-state index contributed by atoms with van der Waals surface area (Å²) in [6, 6.07) is 11.6. The van der Waals surface area contributed by atoms with Gasteiger partial charge in [0, 0.05) is 11.8 Å². The van der Waals surface area contributed by atoms with Gasteiger partial charge in [-0.1, -0.05) is 30.3 Å². The first-order valence-electron chi connectivity index (χ1n) is 5.07. The Labute approximate surface area is 94.7 Å². The second-order valence-corrected chi connectivity index (χ2v) is 3.53. The van der Waals surface area contributed by atoms with Crippen LogP contribution in [0.25, 0.3) is 0 Å². The summed E-state index contributed by atoms with van der Waals surface area (Å²) in [5, 5.41) is 0. The monoisotopic (exact) mass is 211 g/mol. The number of hydrogen-bond acceptors (Lipinski definition) is 2. The van der Waals surface area contributed by atoms with Crippen LogP contribution in [0.4, 0.5) is 5.69 Å². The van der Waals surface area contributed by atoms with Gasteiger partial charge in [0.05, 0.1) is 11.9 Å². The minimum Gasteiger partial charge on any atom is -0.383 e. The highest BCUT2D eigenvalue weighted by Crippen LogP contribution is 2.16. The van der Waals surface area contributed by atoms with Crippen LogP contribution in [0.3, 0.4) is 0 Å². The van der Waals surface area contributed by atoms with Gasteiger partial charge in [0.1, 0.15) is 5.84 Å². The van der Waals surface area contributed by atoms with Crippen molar-refractivity contribution < 1.29 is 0 Å². The Morgan fingerprint density at radius 1 is 1.19 bits per heavy atom. The molecule has 2 rings (SSSR count). The summed E-state index contributed by atoms with van der Waals surface area (Å²) >= 11 is 0. The van der Waals surface area contributed by atoms with E-state index in [-0.39, 0.29) is 0 Å². The number of aliphatic imine (C=N–C) groups is 1. The first kappa shape index (κ1) is 10.4. The highest BCUT2D eigenvalue weighted by molar-refractivity contribution is 5.99. The molecule has 1 aromatic carbocycles. The molecule has 0 radical (unpaired) electrons. The molecule has 0 atom stereocenters. The van der Waals surface area contributed by atoms with Crippen molar-refractivity contribution in [3.8, 4) is 0 Å². The number of amidine groups is 1. The standard InChI is InChI=1S/C13H13N3/c1-10-7-8-15-9-12(10)16-13(14)11-5-3-2-4-6-11/h2-9H,1H3,(H2,14,16). The van der Waals surface area contributed by atoms with E-state index in [1.54, 1.807) is 12.4 Å². The third-order valence-electron chi connectivity index (χ3n) is 2.32. The maximum absolute atomic E-state index is 5.92. The van der Waals surface area contributed by atoms with Gasteiger partial charge < -0.3 is 5.73 Å². The van der Waals surface area contributed by atoms with Crippen LogP contribution in [-0.4, -0.2) is 10.8 Å². The molecular formula is C13H13N3. The third kappa shape index (κ3) is 2.25. The first-order valence-corrected chi connectivity index (χ1v) is 5.07. The number of nitrogens with two attached hydrogens (primary N) is 1. The average molecular weight is 211 g/mol. The lowest BCUT2D eigenvalue weighted by Gasteiger charge is -2.02. The molecule has 3 heteroatoms. The van der Waals surface area contributed by atoms with E-state index in [2.05, 4.69) is 9.98 Å². The smallest absolute Gasteiger partial charge is 0.131 e. The number of nitrogens with zero attached hydrogens (tertiary/aromatic N) is 2. The zero-order valence-electron chi connectivity index (χ0n) is 9.09. The molecule has 16 heavy (non-hydrogen) atoms. The van der Waals surface area contributed by atoms with E-state index in [4.69, 9.17) is 5.73 Å². The first-order chi connectivity index (χ1) is 7.77. The normalized spacial score (nSPS) is 11.4. The molecule has 2 aromatic rings. The minimum absolute atomic E-state index is 0.511. The molecule has 80 valence electrons. The van der Waals surface area contributed by atoms with Crippen LogP contribution >= 0.6 is 0 Å². The van der Waals surface area contributed by atoms with Crippen molar-refractivity contribution in [3.05, 3.63) is 59.9 Å². The molecule has 0 bridgehead atoms. The number of rotatable bonds is 2. The molecule has 0 saturated carbocycles. The van der Waals surface area contributed by atoms with E-state index in [1.807, 2.05) is 43.3 Å². The zero-order chi connectivity index (χ0) is 11.4. The maximum Gasteiger partial charge on any atom is 0.131 e. The van der Waals surface area contributed by atoms with Gasteiger partial charge in [-0.3, -0.25) is 4.98 Å². The highest BCUT2D eigenvalue weighted by atomic mass is 14.9. The van der Waals surface area contributed by atoms with E-state index in [9.17, 15) is 0 Å². The summed E-state index contributed by atoms with van der Waals surface area (Å²) in [4.78, 5) is 8.39. The summed E-state index contributed by atoms with van der Waals surface area (Å²) in [6.07, 6.45) is 3.46. The van der Waals surface area contributed by atoms with Gasteiger partial charge >= 0.3 is 0 Å². The maximum atomic E-state index is 5.92. The lowest BCUT2D eigenvalue weighted by Crippen LogP contribution is -2.12. The predicted octanol–water partition coefficient (Wildman–Crippen LogP) is 2.43. The quantitative estimate of drug-likeness (QED) is 0.612. The van der Waals surface area contributed by atoms with Crippen LogP contribution in [0.1, 0.15) is 11.1 Å². The Morgan fingerprint density at radius 3 is 2.62 bits per heavy atom. The van der Waals surface area contributed by atoms with Crippen molar-refractivity contribution in [2.24, 2.45) is 10.7 Å². The van der Waals surface area contributed by atoms with Crippen LogP contribution < -0.4 is 5.73 Å². The number of hydrogen-bond donors (Lipinski definition) is 1. The Balaban J connectivity index is 2.36. The van der Waals surface area contributed by atoms with Crippen molar-refractivity contribution in [1.82, 2.24) is 4.98 Å². The van der Waals surface area contributed by atoms with Crippen LogP contribution in [0.2, 0.25) is 0 Å². The van der Waals surface area contributed by atoms with Gasteiger partial charge in [-0.2, -0.15) is 0 Å². The topological polar surface area (TPSA) is 51.3 Å². The molecule has 0 aliphatic rings. The van der Waals surface area contributed by atoms with Crippen molar-refractivity contribution in [2.75, 3.05) is 0 Å². The highest BCUT2D eigenvalue weighted by Gasteiger charge is 1.99. The van der Waals surface area contributed by atoms with Crippen LogP contribution in [0.15, 0.2) is 53.8 Å². The molecule has 3 nitrogen and oxygen atoms in total. The van der Waals surface area contributed by atoms with Crippen molar-refractivity contribution in [1.29, 1.82) is 0 Å². The fourth-order valence-electron chi connectivity index (χ4n) is 1.38. The summed E-state index contributed by atoms with van der Waals surface area (Å²) < 4.78 is 0. The Kier molecular flexibility index (Phi) is 2.96. The van der Waals surface area contributed by atoms with Gasteiger partial charge in [-0.25, -0.2) is 4.99 Å². The summed E-state index contributed by atoms with van der Waals surface area (Å²) in [7, 11) is 0. The predicted molar refractivity (Wildman–Crippen MR) is 65.8 cm³/mol. The molecule has 0 aliphatic heterocycles. The fourth-order valence-corrected chi connectivity index (χ4v) is 1.38. The van der Waals surface area contributed by atoms with E-state index < -0.39 is 0 Å². The molecule has 0 saturated heterocycles. The number of pyridine rings is 1. The molecule has 1 heterocycles. The van der Waals surface area contributed by atoms with Gasteiger partial charge in [0.15, 0.2) is 0 Å². The largest absolute Gasteiger partial charge is 0.383 e. The number of aromatic nitrogens is 1. The van der Waals surface area contributed by atoms with Crippen molar-refractivity contribution in [3.63, 3.8) is 0 Å². The average Bonchev–Trinajstić information content (AvgIpc) is 2.33. The Morgan fingerprint density at radius 2 is 1.94 bits per heavy atom.